The molecule has 1 heterocycles. The number of carbonyl (C=O) groups excluding carboxylic acids is 2. The number of hydrogen-bond acceptors (Lipinski definition) is 7. The van der Waals surface area contributed by atoms with Gasteiger partial charge in [-0.1, -0.05) is 5.16 Å². The van der Waals surface area contributed by atoms with Crippen molar-refractivity contribution < 1.29 is 23.6 Å². The second-order valence-corrected chi connectivity index (χ2v) is 6.17. The van der Waals surface area contributed by atoms with Crippen LogP contribution in [0, 0.1) is 13.8 Å². The molecular weight excluding hydrogens is 330 g/mol. The van der Waals surface area contributed by atoms with Gasteiger partial charge in [0.15, 0.2) is 5.78 Å². The predicted molar refractivity (Wildman–Crippen MR) is 90.8 cm³/mol. The number of Topliss-reactive ketones (excluding diaryl/α,β-unsaturated/α-hetero) is 1. The van der Waals surface area contributed by atoms with Gasteiger partial charge in [0, 0.05) is 17.4 Å². The van der Waals surface area contributed by atoms with Crippen LogP contribution in [0.3, 0.4) is 0 Å². The average molecular weight is 349 g/mol. The van der Waals surface area contributed by atoms with Crippen molar-refractivity contribution in [3.05, 3.63) is 40.8 Å². The van der Waals surface area contributed by atoms with Crippen molar-refractivity contribution in [1.82, 2.24) is 5.16 Å². The number of thioether (sulfide) groups is 1. The molecule has 1 aromatic carbocycles. The number of hydrogen-bond donors (Lipinski definition) is 0. The molecule has 6 nitrogen and oxygen atoms in total. The van der Waals surface area contributed by atoms with Crippen LogP contribution in [0.5, 0.6) is 11.5 Å². The third kappa shape index (κ3) is 4.38. The van der Waals surface area contributed by atoms with Crippen molar-refractivity contribution in [2.45, 2.75) is 26.5 Å². The number of nitrogens with zero attached hydrogens (tertiary/aromatic N) is 1. The largest absolute Gasteiger partial charge is 0.497 e. The van der Waals surface area contributed by atoms with Crippen molar-refractivity contribution in [3.63, 3.8) is 0 Å². The minimum Gasteiger partial charge on any atom is -0.497 e. The Morgan fingerprint density at radius 2 is 2.04 bits per heavy atom. The molecule has 2 rings (SSSR count). The van der Waals surface area contributed by atoms with E-state index in [1.54, 1.807) is 12.1 Å². The summed E-state index contributed by atoms with van der Waals surface area (Å²) >= 11 is 1.40. The highest BCUT2D eigenvalue weighted by atomic mass is 32.2. The van der Waals surface area contributed by atoms with Gasteiger partial charge in [-0.05, 0) is 32.9 Å². The summed E-state index contributed by atoms with van der Waals surface area (Å²) in [6.45, 7) is 5.12. The zero-order chi connectivity index (χ0) is 17.7. The van der Waals surface area contributed by atoms with E-state index in [0.717, 1.165) is 17.0 Å². The SMILES string of the molecule is COc1ccc(C(C)=O)c(OC(=O)CSCc2c(C)noc2C)c1. The monoisotopic (exact) mass is 349 g/mol. The van der Waals surface area contributed by atoms with E-state index in [1.807, 2.05) is 13.8 Å². The molecule has 0 aliphatic rings. The quantitative estimate of drug-likeness (QED) is 0.431. The number of esters is 1. The number of ketones is 1. The lowest BCUT2D eigenvalue weighted by molar-refractivity contribution is -0.131. The molecule has 0 saturated carbocycles. The first-order valence-corrected chi connectivity index (χ1v) is 8.47. The highest BCUT2D eigenvalue weighted by Crippen LogP contribution is 2.26. The van der Waals surface area contributed by atoms with Crippen LogP contribution in [-0.4, -0.2) is 29.8 Å². The molecule has 0 N–H and O–H groups in total. The number of methoxy groups -OCH3 is 1. The summed E-state index contributed by atoms with van der Waals surface area (Å²) in [6.07, 6.45) is 0. The van der Waals surface area contributed by atoms with Gasteiger partial charge < -0.3 is 14.0 Å². The van der Waals surface area contributed by atoms with Gasteiger partial charge in [-0.15, -0.1) is 11.8 Å². The van der Waals surface area contributed by atoms with Crippen LogP contribution in [0.15, 0.2) is 22.7 Å². The minimum atomic E-state index is -0.428. The van der Waals surface area contributed by atoms with Gasteiger partial charge in [0.25, 0.3) is 0 Å². The fourth-order valence-corrected chi connectivity index (χ4v) is 3.05. The summed E-state index contributed by atoms with van der Waals surface area (Å²) < 4.78 is 15.5. The topological polar surface area (TPSA) is 78.6 Å². The summed E-state index contributed by atoms with van der Waals surface area (Å²) in [6, 6.07) is 4.77. The second kappa shape index (κ2) is 8.01. The van der Waals surface area contributed by atoms with Crippen molar-refractivity contribution in [2.24, 2.45) is 0 Å². The molecule has 7 heteroatoms. The van der Waals surface area contributed by atoms with E-state index in [2.05, 4.69) is 5.16 Å². The Morgan fingerprint density at radius 1 is 1.29 bits per heavy atom. The summed E-state index contributed by atoms with van der Waals surface area (Å²) in [5.74, 6) is 1.63. The summed E-state index contributed by atoms with van der Waals surface area (Å²) in [5, 5.41) is 3.88. The summed E-state index contributed by atoms with van der Waals surface area (Å²) in [7, 11) is 1.51. The molecule has 0 spiro atoms. The van der Waals surface area contributed by atoms with Crippen molar-refractivity contribution in [2.75, 3.05) is 12.9 Å². The molecule has 0 bridgehead atoms. The maximum atomic E-state index is 12.1. The van der Waals surface area contributed by atoms with Crippen molar-refractivity contribution >= 4 is 23.5 Å². The number of benzene rings is 1. The Balaban J connectivity index is 1.98. The van der Waals surface area contributed by atoms with E-state index >= 15 is 0 Å². The van der Waals surface area contributed by atoms with E-state index in [4.69, 9.17) is 14.0 Å². The normalized spacial score (nSPS) is 10.5. The molecule has 24 heavy (non-hydrogen) atoms. The first-order valence-electron chi connectivity index (χ1n) is 7.31. The van der Waals surface area contributed by atoms with Gasteiger partial charge >= 0.3 is 5.97 Å². The number of rotatable bonds is 7. The molecule has 0 aliphatic carbocycles. The van der Waals surface area contributed by atoms with Crippen LogP contribution < -0.4 is 9.47 Å². The fraction of sp³-hybridized carbons (Fsp3) is 0.353. The lowest BCUT2D eigenvalue weighted by atomic mass is 10.1. The fourth-order valence-electron chi connectivity index (χ4n) is 2.10. The molecule has 0 aliphatic heterocycles. The van der Waals surface area contributed by atoms with Crippen molar-refractivity contribution in [3.8, 4) is 11.5 Å². The molecule has 128 valence electrons. The van der Waals surface area contributed by atoms with Crippen LogP contribution in [0.1, 0.15) is 34.3 Å². The van der Waals surface area contributed by atoms with Gasteiger partial charge in [-0.2, -0.15) is 0 Å². The number of carbonyl (C=O) groups is 2. The molecule has 0 radical (unpaired) electrons. The van der Waals surface area contributed by atoms with E-state index in [9.17, 15) is 9.59 Å². The van der Waals surface area contributed by atoms with Crippen LogP contribution in [0.4, 0.5) is 0 Å². The lowest BCUT2D eigenvalue weighted by Gasteiger charge is -2.10. The number of ether oxygens (including phenoxy) is 2. The lowest BCUT2D eigenvalue weighted by Crippen LogP contribution is -2.13. The van der Waals surface area contributed by atoms with E-state index in [0.29, 0.717) is 17.1 Å². The zero-order valence-electron chi connectivity index (χ0n) is 14.0. The molecule has 1 aromatic heterocycles. The molecule has 0 amide bonds. The molecule has 0 fully saturated rings. The minimum absolute atomic E-state index is 0.151. The van der Waals surface area contributed by atoms with Crippen molar-refractivity contribution in [1.29, 1.82) is 0 Å². The Morgan fingerprint density at radius 3 is 2.62 bits per heavy atom. The third-order valence-electron chi connectivity index (χ3n) is 3.44. The third-order valence-corrected chi connectivity index (χ3v) is 4.37. The van der Waals surface area contributed by atoms with Gasteiger partial charge in [0.2, 0.25) is 0 Å². The zero-order valence-corrected chi connectivity index (χ0v) is 14.9. The van der Waals surface area contributed by atoms with Gasteiger partial charge in [-0.3, -0.25) is 9.59 Å². The Bertz CT molecular complexity index is 734. The van der Waals surface area contributed by atoms with Crippen LogP contribution in [0.25, 0.3) is 0 Å². The maximum absolute atomic E-state index is 12.1. The Labute approximate surface area is 144 Å². The molecular formula is C17H19NO5S. The van der Waals surface area contributed by atoms with Gasteiger partial charge in [-0.25, -0.2) is 0 Å². The molecule has 2 aromatic rings. The predicted octanol–water partition coefficient (Wildman–Crippen LogP) is 3.34. The van der Waals surface area contributed by atoms with Gasteiger partial charge in [0.1, 0.15) is 17.3 Å². The van der Waals surface area contributed by atoms with Crippen LogP contribution in [-0.2, 0) is 10.5 Å². The summed E-state index contributed by atoms with van der Waals surface area (Å²) in [4.78, 5) is 23.7. The number of aromatic nitrogens is 1. The average Bonchev–Trinajstić information content (AvgIpc) is 2.86. The number of aryl methyl sites for hydroxylation is 2. The van der Waals surface area contributed by atoms with E-state index in [1.165, 1.54) is 31.9 Å². The van der Waals surface area contributed by atoms with E-state index < -0.39 is 5.97 Å². The highest BCUT2D eigenvalue weighted by Gasteiger charge is 2.15. The standard InChI is InChI=1S/C17H19NO5S/c1-10-15(12(3)23-18-10)8-24-9-17(20)22-16-7-13(21-4)5-6-14(16)11(2)19/h5-7H,8-9H2,1-4H3. The maximum Gasteiger partial charge on any atom is 0.321 e. The smallest absolute Gasteiger partial charge is 0.321 e. The van der Waals surface area contributed by atoms with Crippen LogP contribution in [0.2, 0.25) is 0 Å². The molecule has 0 atom stereocenters. The Hall–Kier alpha value is -2.28. The van der Waals surface area contributed by atoms with Gasteiger partial charge in [0.05, 0.1) is 24.1 Å². The molecule has 0 saturated heterocycles. The summed E-state index contributed by atoms with van der Waals surface area (Å²) in [5.41, 5.74) is 2.15. The van der Waals surface area contributed by atoms with E-state index in [-0.39, 0.29) is 17.3 Å². The van der Waals surface area contributed by atoms with Crippen LogP contribution >= 0.6 is 11.8 Å². The first kappa shape index (κ1) is 18.1. The second-order valence-electron chi connectivity index (χ2n) is 5.19. The first-order chi connectivity index (χ1) is 11.4. The Kier molecular flexibility index (Phi) is 6.03. The molecule has 0 unspecified atom stereocenters. The highest BCUT2D eigenvalue weighted by molar-refractivity contribution is 7.99.